The van der Waals surface area contributed by atoms with Crippen molar-refractivity contribution in [2.45, 2.75) is 88.7 Å². The molecule has 0 heterocycles. The molecule has 0 radical (unpaired) electrons. The SMILES string of the molecule is CCCC(F)(F)C(F)(F)C(F)(F)C(F)(F)C(F)(F)C(=C([SiH2][SiH2]O[Si](C)(C)C)[SiH2][SiH2]O[Si](C)(C)C)c1ccccc1. The first-order valence-corrected chi connectivity index (χ1v) is 30.2. The van der Waals surface area contributed by atoms with Gasteiger partial charge in [0.05, 0.1) is 18.1 Å². The van der Waals surface area contributed by atoms with Gasteiger partial charge in [0, 0.05) is 12.0 Å². The monoisotopic (exact) mass is 692 g/mol. The molecule has 0 saturated heterocycles. The summed E-state index contributed by atoms with van der Waals surface area (Å²) in [6.45, 7) is 12.0. The molecule has 232 valence electrons. The summed E-state index contributed by atoms with van der Waals surface area (Å²) in [7, 11) is -10.9. The third kappa shape index (κ3) is 8.76. The molecule has 0 aliphatic carbocycles. The summed E-state index contributed by atoms with van der Waals surface area (Å²) < 4.78 is 160. The van der Waals surface area contributed by atoms with E-state index in [9.17, 15) is 26.3 Å². The Kier molecular flexibility index (Phi) is 12.6. The van der Waals surface area contributed by atoms with Gasteiger partial charge in [-0.3, -0.25) is 0 Å². The molecule has 2 nitrogen and oxygen atoms in total. The Bertz CT molecular complexity index is 974. The lowest BCUT2D eigenvalue weighted by molar-refractivity contribution is -0.393. The molecule has 0 aliphatic rings. The molecule has 18 heteroatoms. The van der Waals surface area contributed by atoms with Gasteiger partial charge in [-0.25, -0.2) is 0 Å². The lowest BCUT2D eigenvalue weighted by Crippen LogP contribution is -2.67. The Morgan fingerprint density at radius 1 is 0.675 bits per heavy atom. The highest BCUT2D eigenvalue weighted by molar-refractivity contribution is 7.17. The van der Waals surface area contributed by atoms with Crippen molar-refractivity contribution in [1.29, 1.82) is 0 Å². The van der Waals surface area contributed by atoms with E-state index in [-0.39, 0.29) is 4.82 Å². The fraction of sp³-hybridized carbons (Fsp3) is 0.636. The third-order valence-electron chi connectivity index (χ3n) is 5.81. The first-order chi connectivity index (χ1) is 17.9. The maximum atomic E-state index is 15.9. The number of alkyl halides is 10. The standard InChI is InChI=1S/C22H38F10O2Si6/c1-8-14-18(23,24)20(27,28)22(31,32)21(29,30)19(25,26)16(15-12-10-9-11-13-15)17(35-37-33-39(2,3)4)36-38-34-40(5,6)7/h9-13H,8,14,35-38H2,1-7H3. The van der Waals surface area contributed by atoms with E-state index in [1.165, 1.54) is 18.2 Å². The lowest BCUT2D eigenvalue weighted by Gasteiger charge is -2.40. The Morgan fingerprint density at radius 3 is 1.48 bits per heavy atom. The van der Waals surface area contributed by atoms with E-state index in [0.717, 1.165) is 19.1 Å². The number of rotatable bonds is 16. The van der Waals surface area contributed by atoms with Crippen molar-refractivity contribution < 1.29 is 52.1 Å². The second-order valence-electron chi connectivity index (χ2n) is 11.5. The average molecular weight is 693 g/mol. The van der Waals surface area contributed by atoms with Crippen LogP contribution in [-0.4, -0.2) is 82.9 Å². The normalized spacial score (nSPS) is 15.6. The maximum absolute atomic E-state index is 15.9. The van der Waals surface area contributed by atoms with Gasteiger partial charge in [0.1, 0.15) is 18.6 Å². The summed E-state index contributed by atoms with van der Waals surface area (Å²) in [6, 6.07) is 5.83. The summed E-state index contributed by atoms with van der Waals surface area (Å²) in [5.41, 5.74) is -1.99. The fourth-order valence-electron chi connectivity index (χ4n) is 3.80. The minimum absolute atomic E-state index is 0.0925. The summed E-state index contributed by atoms with van der Waals surface area (Å²) in [4.78, 5) is -0.0925. The molecule has 0 unspecified atom stereocenters. The highest BCUT2D eigenvalue weighted by Crippen LogP contribution is 2.60. The zero-order valence-corrected chi connectivity index (χ0v) is 31.4. The minimum atomic E-state index is -7.07. The van der Waals surface area contributed by atoms with E-state index in [0.29, 0.717) is 0 Å². The number of hydrogen-bond donors (Lipinski definition) is 0. The molecule has 0 bridgehead atoms. The molecular weight excluding hydrogens is 655 g/mol. The molecule has 1 aromatic rings. The topological polar surface area (TPSA) is 18.5 Å². The smallest absolute Gasteiger partial charge is 0.384 e. The Labute approximate surface area is 240 Å². The van der Waals surface area contributed by atoms with Crippen LogP contribution in [0.2, 0.25) is 39.3 Å². The Hall–Kier alpha value is -0.519. The van der Waals surface area contributed by atoms with Crippen LogP contribution in [0.3, 0.4) is 0 Å². The van der Waals surface area contributed by atoms with Crippen molar-refractivity contribution in [3.8, 4) is 0 Å². The van der Waals surface area contributed by atoms with Gasteiger partial charge in [0.2, 0.25) is 0 Å². The van der Waals surface area contributed by atoms with Gasteiger partial charge >= 0.3 is 29.6 Å². The maximum Gasteiger partial charge on any atom is 0.384 e. The minimum Gasteiger partial charge on any atom is -0.463 e. The van der Waals surface area contributed by atoms with Gasteiger partial charge in [-0.2, -0.15) is 43.9 Å². The predicted octanol–water partition coefficient (Wildman–Crippen LogP) is 5.37. The van der Waals surface area contributed by atoms with Gasteiger partial charge in [0.25, 0.3) is 0 Å². The van der Waals surface area contributed by atoms with Gasteiger partial charge < -0.3 is 8.23 Å². The summed E-state index contributed by atoms with van der Waals surface area (Å²) in [5, 5.41) is 0. The zero-order chi connectivity index (χ0) is 31.4. The van der Waals surface area contributed by atoms with Gasteiger partial charge in [-0.05, 0) is 44.8 Å². The fourth-order valence-corrected chi connectivity index (χ4v) is 39.8. The second-order valence-corrected chi connectivity index (χ2v) is 32.3. The predicted molar refractivity (Wildman–Crippen MR) is 156 cm³/mol. The van der Waals surface area contributed by atoms with E-state index >= 15 is 17.6 Å². The summed E-state index contributed by atoms with van der Waals surface area (Å²) >= 11 is 0. The quantitative estimate of drug-likeness (QED) is 0.172. The molecule has 0 aromatic heterocycles. The van der Waals surface area contributed by atoms with Crippen molar-refractivity contribution >= 4 is 58.8 Å². The highest BCUT2D eigenvalue weighted by atomic mass is 29.2. The van der Waals surface area contributed by atoms with Crippen LogP contribution in [0, 0.1) is 0 Å². The van der Waals surface area contributed by atoms with Crippen molar-refractivity contribution in [1.82, 2.24) is 0 Å². The number of allylic oxidation sites excluding steroid dienone is 1. The van der Waals surface area contributed by atoms with Crippen LogP contribution in [0.5, 0.6) is 0 Å². The summed E-state index contributed by atoms with van der Waals surface area (Å²) in [6.07, 6.45) is -2.65. The van der Waals surface area contributed by atoms with Crippen molar-refractivity contribution in [3.63, 3.8) is 0 Å². The van der Waals surface area contributed by atoms with E-state index in [1.807, 2.05) is 39.3 Å². The first kappa shape index (κ1) is 37.5. The molecule has 1 aromatic carbocycles. The van der Waals surface area contributed by atoms with E-state index in [1.54, 1.807) is 0 Å². The molecule has 0 spiro atoms. The molecule has 0 aliphatic heterocycles. The third-order valence-corrected chi connectivity index (χ3v) is 31.6. The van der Waals surface area contributed by atoms with Crippen LogP contribution in [0.1, 0.15) is 25.3 Å². The molecule has 1 rings (SSSR count). The lowest BCUT2D eigenvalue weighted by atomic mass is 9.87. The second kappa shape index (κ2) is 13.4. The van der Waals surface area contributed by atoms with Crippen LogP contribution < -0.4 is 0 Å². The largest absolute Gasteiger partial charge is 0.463 e. The van der Waals surface area contributed by atoms with Gasteiger partial charge in [-0.1, -0.05) is 48.5 Å². The Balaban J connectivity index is 3.89. The zero-order valence-electron chi connectivity index (χ0n) is 23.7. The van der Waals surface area contributed by atoms with E-state index < -0.39 is 107 Å². The molecule has 0 N–H and O–H groups in total. The van der Waals surface area contributed by atoms with Gasteiger partial charge in [-0.15, -0.1) is 0 Å². The molecular formula is C22H38F10O2Si6. The number of halogens is 10. The number of hydrogen-bond acceptors (Lipinski definition) is 2. The first-order valence-electron chi connectivity index (χ1n) is 12.8. The number of benzene rings is 1. The Morgan fingerprint density at radius 2 is 1.10 bits per heavy atom. The highest BCUT2D eigenvalue weighted by Gasteiger charge is 2.86. The van der Waals surface area contributed by atoms with E-state index in [2.05, 4.69) is 0 Å². The van der Waals surface area contributed by atoms with Crippen LogP contribution >= 0.6 is 0 Å². The molecule has 0 saturated carbocycles. The molecule has 0 atom stereocenters. The van der Waals surface area contributed by atoms with Crippen LogP contribution in [0.15, 0.2) is 35.2 Å². The molecule has 40 heavy (non-hydrogen) atoms. The van der Waals surface area contributed by atoms with E-state index in [4.69, 9.17) is 8.23 Å². The van der Waals surface area contributed by atoms with Crippen LogP contribution in [-0.2, 0) is 8.23 Å². The molecule has 0 fully saturated rings. The summed E-state index contributed by atoms with van der Waals surface area (Å²) in [5.74, 6) is -32.2. The van der Waals surface area contributed by atoms with Crippen LogP contribution in [0.4, 0.5) is 43.9 Å². The average Bonchev–Trinajstić information content (AvgIpc) is 2.77. The van der Waals surface area contributed by atoms with Crippen LogP contribution in [0.25, 0.3) is 5.57 Å². The van der Waals surface area contributed by atoms with Crippen molar-refractivity contribution in [3.05, 3.63) is 40.7 Å². The molecule has 0 amide bonds. The van der Waals surface area contributed by atoms with Gasteiger partial charge in [0.15, 0.2) is 16.6 Å². The van der Waals surface area contributed by atoms with Crippen molar-refractivity contribution in [2.24, 2.45) is 0 Å². The van der Waals surface area contributed by atoms with Crippen molar-refractivity contribution in [2.75, 3.05) is 0 Å².